The van der Waals surface area contributed by atoms with E-state index in [-0.39, 0.29) is 26.4 Å². The van der Waals surface area contributed by atoms with Gasteiger partial charge in [0.2, 0.25) is 0 Å². The Balaban J connectivity index is 6.11. The van der Waals surface area contributed by atoms with Gasteiger partial charge in [-0.25, -0.2) is 0 Å². The highest BCUT2D eigenvalue weighted by atomic mass is 16.6. The van der Waals surface area contributed by atoms with Gasteiger partial charge < -0.3 is 18.9 Å². The Morgan fingerprint density at radius 1 is 0.577 bits per heavy atom. The van der Waals surface area contributed by atoms with Crippen LogP contribution in [0.2, 0.25) is 0 Å². The van der Waals surface area contributed by atoms with Gasteiger partial charge in [0.15, 0.2) is 11.8 Å². The van der Waals surface area contributed by atoms with E-state index in [2.05, 4.69) is 0 Å². The highest BCUT2D eigenvalue weighted by Crippen LogP contribution is 2.33. The van der Waals surface area contributed by atoms with Crippen molar-refractivity contribution in [2.45, 2.75) is 41.5 Å². The summed E-state index contributed by atoms with van der Waals surface area (Å²) in [4.78, 5) is 49.8. The molecule has 0 aliphatic rings. The van der Waals surface area contributed by atoms with Crippen LogP contribution in [0.4, 0.5) is 0 Å². The summed E-state index contributed by atoms with van der Waals surface area (Å²) in [6.45, 7) is 9.95. The number of carbonyl (C=O) groups is 4. The predicted molar refractivity (Wildman–Crippen MR) is 91.8 cm³/mol. The van der Waals surface area contributed by atoms with Crippen molar-refractivity contribution in [3.8, 4) is 0 Å². The third-order valence-corrected chi connectivity index (χ3v) is 3.70. The molecule has 0 atom stereocenters. The van der Waals surface area contributed by atoms with Gasteiger partial charge in [0.25, 0.3) is 0 Å². The Bertz CT molecular complexity index is 410. The number of ether oxygens (including phenoxy) is 4. The standard InChI is InChI=1S/C18H30O8/c1-7-23-15(19)13(16(20)24-8-2)12(11(5)6)14(17(21)25-9-3)18(22)26-10-4/h11-14H,7-10H2,1-6H3. The molecule has 26 heavy (non-hydrogen) atoms. The lowest BCUT2D eigenvalue weighted by Gasteiger charge is -2.31. The summed E-state index contributed by atoms with van der Waals surface area (Å²) in [5.41, 5.74) is 0. The lowest BCUT2D eigenvalue weighted by Crippen LogP contribution is -2.46. The first-order valence-electron chi connectivity index (χ1n) is 8.93. The summed E-state index contributed by atoms with van der Waals surface area (Å²) in [7, 11) is 0. The van der Waals surface area contributed by atoms with Crippen molar-refractivity contribution < 1.29 is 38.1 Å². The smallest absolute Gasteiger partial charge is 0.320 e. The number of esters is 4. The minimum absolute atomic E-state index is 0.0447. The molecule has 0 heterocycles. The van der Waals surface area contributed by atoms with Crippen molar-refractivity contribution >= 4 is 23.9 Å². The van der Waals surface area contributed by atoms with Crippen molar-refractivity contribution in [2.75, 3.05) is 26.4 Å². The first-order valence-corrected chi connectivity index (χ1v) is 8.93. The van der Waals surface area contributed by atoms with E-state index in [1.807, 2.05) is 0 Å². The van der Waals surface area contributed by atoms with Crippen LogP contribution in [-0.2, 0) is 38.1 Å². The summed E-state index contributed by atoms with van der Waals surface area (Å²) >= 11 is 0. The molecule has 8 nitrogen and oxygen atoms in total. The van der Waals surface area contributed by atoms with E-state index in [9.17, 15) is 19.2 Å². The molecule has 0 aromatic rings. The Hall–Kier alpha value is -2.12. The highest BCUT2D eigenvalue weighted by molar-refractivity contribution is 6.00. The molecular weight excluding hydrogens is 344 g/mol. The fourth-order valence-electron chi connectivity index (χ4n) is 2.71. The van der Waals surface area contributed by atoms with Gasteiger partial charge in [-0.15, -0.1) is 0 Å². The van der Waals surface area contributed by atoms with Gasteiger partial charge in [-0.2, -0.15) is 0 Å². The zero-order valence-corrected chi connectivity index (χ0v) is 16.4. The SMILES string of the molecule is CCOC(=O)C(C(=O)OCC)C(C(C)C)C(C(=O)OCC)C(=O)OCC. The highest BCUT2D eigenvalue weighted by Gasteiger charge is 2.49. The van der Waals surface area contributed by atoms with Crippen LogP contribution in [0.5, 0.6) is 0 Å². The summed E-state index contributed by atoms with van der Waals surface area (Å²) in [5.74, 6) is -7.68. The summed E-state index contributed by atoms with van der Waals surface area (Å²) in [6.07, 6.45) is 0. The second-order valence-electron chi connectivity index (χ2n) is 5.78. The third kappa shape index (κ3) is 6.65. The predicted octanol–water partition coefficient (Wildman–Crippen LogP) is 1.74. The molecule has 0 aromatic heterocycles. The van der Waals surface area contributed by atoms with E-state index in [0.29, 0.717) is 0 Å². The van der Waals surface area contributed by atoms with Crippen LogP contribution >= 0.6 is 0 Å². The lowest BCUT2D eigenvalue weighted by atomic mass is 9.74. The van der Waals surface area contributed by atoms with Crippen LogP contribution in [0, 0.1) is 23.7 Å². The average Bonchev–Trinajstić information content (AvgIpc) is 2.55. The van der Waals surface area contributed by atoms with Gasteiger partial charge in [0.1, 0.15) is 0 Å². The number of hydrogen-bond acceptors (Lipinski definition) is 8. The fourth-order valence-corrected chi connectivity index (χ4v) is 2.71. The van der Waals surface area contributed by atoms with Crippen LogP contribution in [0.25, 0.3) is 0 Å². The van der Waals surface area contributed by atoms with Gasteiger partial charge in [0.05, 0.1) is 26.4 Å². The second-order valence-corrected chi connectivity index (χ2v) is 5.78. The van der Waals surface area contributed by atoms with Crippen molar-refractivity contribution in [1.82, 2.24) is 0 Å². The molecule has 8 heteroatoms. The van der Waals surface area contributed by atoms with Crippen LogP contribution in [0.1, 0.15) is 41.5 Å². The zero-order chi connectivity index (χ0) is 20.3. The molecule has 0 unspecified atom stereocenters. The maximum Gasteiger partial charge on any atom is 0.320 e. The van der Waals surface area contributed by atoms with E-state index < -0.39 is 47.5 Å². The summed E-state index contributed by atoms with van der Waals surface area (Å²) in [6, 6.07) is 0. The molecule has 150 valence electrons. The van der Waals surface area contributed by atoms with E-state index in [1.54, 1.807) is 41.5 Å². The van der Waals surface area contributed by atoms with Crippen LogP contribution < -0.4 is 0 Å². The van der Waals surface area contributed by atoms with Crippen molar-refractivity contribution in [3.63, 3.8) is 0 Å². The molecule has 0 bridgehead atoms. The molecule has 0 spiro atoms. The van der Waals surface area contributed by atoms with Crippen LogP contribution in [0.15, 0.2) is 0 Å². The minimum atomic E-state index is -1.44. The van der Waals surface area contributed by atoms with Gasteiger partial charge in [0, 0.05) is 5.92 Å². The second kappa shape index (κ2) is 12.3. The van der Waals surface area contributed by atoms with Crippen molar-refractivity contribution in [1.29, 1.82) is 0 Å². The van der Waals surface area contributed by atoms with Crippen molar-refractivity contribution in [2.24, 2.45) is 23.7 Å². The molecular formula is C18H30O8. The number of hydrogen-bond donors (Lipinski definition) is 0. The Labute approximate surface area is 154 Å². The first kappa shape index (κ1) is 23.9. The largest absolute Gasteiger partial charge is 0.465 e. The van der Waals surface area contributed by atoms with Crippen LogP contribution in [-0.4, -0.2) is 50.3 Å². The van der Waals surface area contributed by atoms with E-state index in [1.165, 1.54) is 0 Å². The molecule has 0 saturated carbocycles. The van der Waals surface area contributed by atoms with Gasteiger partial charge in [-0.1, -0.05) is 13.8 Å². The normalized spacial score (nSPS) is 11.0. The number of carbonyl (C=O) groups excluding carboxylic acids is 4. The molecule has 0 aromatic carbocycles. The summed E-state index contributed by atoms with van der Waals surface area (Å²) in [5, 5.41) is 0. The third-order valence-electron chi connectivity index (χ3n) is 3.70. The maximum atomic E-state index is 12.4. The minimum Gasteiger partial charge on any atom is -0.465 e. The monoisotopic (exact) mass is 374 g/mol. The first-order chi connectivity index (χ1) is 12.3. The average molecular weight is 374 g/mol. The Morgan fingerprint density at radius 2 is 0.808 bits per heavy atom. The fraction of sp³-hybridized carbons (Fsp3) is 0.778. The molecule has 0 radical (unpaired) electrons. The molecule has 0 aliphatic heterocycles. The number of rotatable bonds is 11. The van der Waals surface area contributed by atoms with Crippen LogP contribution in [0.3, 0.4) is 0 Å². The molecule has 0 N–H and O–H groups in total. The van der Waals surface area contributed by atoms with E-state index in [0.717, 1.165) is 0 Å². The Morgan fingerprint density at radius 3 is 0.962 bits per heavy atom. The molecule has 0 amide bonds. The van der Waals surface area contributed by atoms with E-state index >= 15 is 0 Å². The Kier molecular flexibility index (Phi) is 11.3. The lowest BCUT2D eigenvalue weighted by molar-refractivity contribution is -0.174. The summed E-state index contributed by atoms with van der Waals surface area (Å²) < 4.78 is 20.0. The molecule has 0 fully saturated rings. The zero-order valence-electron chi connectivity index (χ0n) is 16.4. The molecule has 0 saturated heterocycles. The van der Waals surface area contributed by atoms with E-state index in [4.69, 9.17) is 18.9 Å². The van der Waals surface area contributed by atoms with Crippen molar-refractivity contribution in [3.05, 3.63) is 0 Å². The van der Waals surface area contributed by atoms with Gasteiger partial charge in [-0.05, 0) is 33.6 Å². The molecule has 0 rings (SSSR count). The molecule has 0 aliphatic carbocycles. The van der Waals surface area contributed by atoms with Gasteiger partial charge >= 0.3 is 23.9 Å². The quantitative estimate of drug-likeness (QED) is 0.306. The topological polar surface area (TPSA) is 105 Å². The maximum absolute atomic E-state index is 12.4. The van der Waals surface area contributed by atoms with Gasteiger partial charge in [-0.3, -0.25) is 19.2 Å².